The van der Waals surface area contributed by atoms with E-state index >= 15 is 0 Å². The van der Waals surface area contributed by atoms with E-state index in [1.165, 1.54) is 0 Å². The lowest BCUT2D eigenvalue weighted by molar-refractivity contribution is -0.863. The van der Waals surface area contributed by atoms with Crippen molar-refractivity contribution < 1.29 is 14.7 Å². The van der Waals surface area contributed by atoms with Gasteiger partial charge in [-0.05, 0) is 15.9 Å². The SMILES string of the molecule is O=[N+]([O-])c1cc(Br)c2n[n+]([O-])n[n+]([O-])c2c1. The van der Waals surface area contributed by atoms with E-state index in [9.17, 15) is 20.5 Å². The van der Waals surface area contributed by atoms with Crippen molar-refractivity contribution in [2.75, 3.05) is 0 Å². The highest BCUT2D eigenvalue weighted by Crippen LogP contribution is 2.24. The average Bonchev–Trinajstić information content (AvgIpc) is 2.19. The molecule has 1 aromatic heterocycles. The Balaban J connectivity index is 2.87. The molecule has 0 unspecified atom stereocenters. The van der Waals surface area contributed by atoms with Gasteiger partial charge in [0.1, 0.15) is 4.96 Å². The normalized spacial score (nSPS) is 10.6. The van der Waals surface area contributed by atoms with E-state index < -0.39 is 4.92 Å². The summed E-state index contributed by atoms with van der Waals surface area (Å²) in [5.74, 6) is 0. The number of benzene rings is 1. The van der Waals surface area contributed by atoms with Crippen LogP contribution in [-0.2, 0) is 0 Å². The first-order valence-electron chi connectivity index (χ1n) is 3.84. The highest BCUT2D eigenvalue weighted by molar-refractivity contribution is 9.10. The van der Waals surface area contributed by atoms with Gasteiger partial charge >= 0.3 is 5.21 Å². The van der Waals surface area contributed by atoms with Crippen molar-refractivity contribution in [2.24, 2.45) is 0 Å². The third-order valence-corrected chi connectivity index (χ3v) is 2.39. The van der Waals surface area contributed by atoms with Gasteiger partial charge in [0.15, 0.2) is 0 Å². The number of hydrogen-bond acceptors (Lipinski definition) is 6. The summed E-state index contributed by atoms with van der Waals surface area (Å²) in [4.78, 5) is 9.69. The first-order chi connectivity index (χ1) is 7.49. The van der Waals surface area contributed by atoms with Gasteiger partial charge in [0.25, 0.3) is 11.2 Å². The number of non-ortho nitro benzene ring substituents is 1. The zero-order valence-corrected chi connectivity index (χ0v) is 8.99. The number of hydrogen-bond donors (Lipinski definition) is 0. The molecule has 0 fully saturated rings. The van der Waals surface area contributed by atoms with Crippen LogP contribution in [0.1, 0.15) is 0 Å². The van der Waals surface area contributed by atoms with Crippen molar-refractivity contribution in [1.29, 1.82) is 0 Å². The van der Waals surface area contributed by atoms with Crippen LogP contribution in [0.15, 0.2) is 16.6 Å². The minimum Gasteiger partial charge on any atom is -0.590 e. The summed E-state index contributed by atoms with van der Waals surface area (Å²) in [5, 5.41) is 38.9. The Kier molecular flexibility index (Phi) is 2.27. The summed E-state index contributed by atoms with van der Waals surface area (Å²) in [5.41, 5.74) is -0.449. The van der Waals surface area contributed by atoms with Gasteiger partial charge < -0.3 is 10.4 Å². The molecule has 2 aromatic rings. The molecule has 0 amide bonds. The number of aromatic nitrogens is 4. The summed E-state index contributed by atoms with van der Waals surface area (Å²) in [6.07, 6.45) is 0. The number of nitro benzene ring substituents is 1. The van der Waals surface area contributed by atoms with Gasteiger partial charge in [0.2, 0.25) is 5.52 Å². The zero-order valence-electron chi connectivity index (χ0n) is 7.40. The minimum absolute atomic E-state index is 0.00519. The maximum Gasteiger partial charge on any atom is 0.326 e. The van der Waals surface area contributed by atoms with Gasteiger partial charge in [-0.2, -0.15) is 0 Å². The van der Waals surface area contributed by atoms with Crippen LogP contribution in [0.4, 0.5) is 5.69 Å². The Morgan fingerprint density at radius 2 is 2.06 bits per heavy atom. The van der Waals surface area contributed by atoms with Crippen LogP contribution >= 0.6 is 15.9 Å². The van der Waals surface area contributed by atoms with Crippen LogP contribution < -0.4 is 9.80 Å². The second-order valence-corrected chi connectivity index (χ2v) is 3.62. The smallest absolute Gasteiger partial charge is 0.326 e. The third kappa shape index (κ3) is 1.58. The largest absolute Gasteiger partial charge is 0.590 e. The van der Waals surface area contributed by atoms with Crippen molar-refractivity contribution in [3.05, 3.63) is 37.1 Å². The van der Waals surface area contributed by atoms with E-state index in [4.69, 9.17) is 0 Å². The Labute approximate surface area is 95.3 Å². The van der Waals surface area contributed by atoms with Crippen LogP contribution in [0.5, 0.6) is 0 Å². The highest BCUT2D eigenvalue weighted by Gasteiger charge is 2.21. The molecule has 10 heteroatoms. The van der Waals surface area contributed by atoms with E-state index in [1.807, 2.05) is 0 Å². The van der Waals surface area contributed by atoms with E-state index in [0.717, 1.165) is 12.1 Å². The lowest BCUT2D eigenvalue weighted by Gasteiger charge is -1.97. The molecule has 0 spiro atoms. The summed E-state index contributed by atoms with van der Waals surface area (Å²) in [7, 11) is 0. The van der Waals surface area contributed by atoms with E-state index in [0.29, 0.717) is 0 Å². The van der Waals surface area contributed by atoms with Crippen LogP contribution in [0.25, 0.3) is 11.0 Å². The number of fused-ring (bicyclic) bond motifs is 1. The fourth-order valence-corrected chi connectivity index (χ4v) is 1.66. The molecule has 0 N–H and O–H groups in total. The molecular formula is C6H2BrN5O4. The van der Waals surface area contributed by atoms with E-state index in [-0.39, 0.29) is 31.0 Å². The Morgan fingerprint density at radius 1 is 1.38 bits per heavy atom. The molecular weight excluding hydrogens is 286 g/mol. The topological polar surface area (TPSA) is 123 Å². The monoisotopic (exact) mass is 287 g/mol. The number of nitro groups is 1. The Hall–Kier alpha value is -2.10. The number of rotatable bonds is 1. The van der Waals surface area contributed by atoms with Gasteiger partial charge in [-0.3, -0.25) is 10.1 Å². The van der Waals surface area contributed by atoms with Crippen molar-refractivity contribution in [2.45, 2.75) is 0 Å². The summed E-state index contributed by atoms with van der Waals surface area (Å²) in [6, 6.07) is 2.14. The predicted molar refractivity (Wildman–Crippen MR) is 51.8 cm³/mol. The highest BCUT2D eigenvalue weighted by atomic mass is 79.9. The lowest BCUT2D eigenvalue weighted by Crippen LogP contribution is -2.50. The lowest BCUT2D eigenvalue weighted by atomic mass is 10.3. The second kappa shape index (κ2) is 3.48. The minimum atomic E-state index is -0.664. The molecule has 0 radical (unpaired) electrons. The molecule has 0 saturated heterocycles. The molecule has 0 aliphatic heterocycles. The average molecular weight is 288 g/mol. The maximum atomic E-state index is 11.2. The fourth-order valence-electron chi connectivity index (χ4n) is 1.14. The van der Waals surface area contributed by atoms with Crippen LogP contribution in [0, 0.1) is 20.5 Å². The summed E-state index contributed by atoms with van der Waals surface area (Å²) in [6.45, 7) is 0. The molecule has 0 bridgehead atoms. The maximum absolute atomic E-state index is 11.2. The molecule has 0 atom stereocenters. The van der Waals surface area contributed by atoms with Crippen molar-refractivity contribution in [3.8, 4) is 0 Å². The quantitative estimate of drug-likeness (QED) is 0.303. The van der Waals surface area contributed by atoms with Crippen LogP contribution in [0.3, 0.4) is 0 Å². The van der Waals surface area contributed by atoms with Crippen molar-refractivity contribution in [1.82, 2.24) is 10.3 Å². The predicted octanol–water partition coefficient (Wildman–Crippen LogP) is -0.433. The third-order valence-electron chi connectivity index (χ3n) is 1.79. The van der Waals surface area contributed by atoms with Crippen molar-refractivity contribution in [3.63, 3.8) is 0 Å². The number of halogens is 1. The van der Waals surface area contributed by atoms with Crippen molar-refractivity contribution >= 4 is 32.7 Å². The summed E-state index contributed by atoms with van der Waals surface area (Å²) >= 11 is 2.99. The molecule has 0 aliphatic carbocycles. The molecule has 16 heavy (non-hydrogen) atoms. The summed E-state index contributed by atoms with van der Waals surface area (Å²) < 4.78 is 0.174. The molecule has 82 valence electrons. The Bertz CT molecular complexity index is 603. The van der Waals surface area contributed by atoms with Gasteiger partial charge in [-0.15, -0.1) is 0 Å². The number of nitrogens with zero attached hydrogens (tertiary/aromatic N) is 5. The molecule has 2 rings (SSSR count). The molecule has 1 heterocycles. The Morgan fingerprint density at radius 3 is 2.69 bits per heavy atom. The fraction of sp³-hybridized carbons (Fsp3) is 0. The van der Waals surface area contributed by atoms with Gasteiger partial charge in [0, 0.05) is 10.9 Å². The van der Waals surface area contributed by atoms with Gasteiger partial charge in [-0.25, -0.2) is 0 Å². The van der Waals surface area contributed by atoms with Crippen LogP contribution in [-0.4, -0.2) is 15.2 Å². The van der Waals surface area contributed by atoms with E-state index in [1.54, 1.807) is 0 Å². The van der Waals surface area contributed by atoms with Gasteiger partial charge in [0.05, 0.1) is 20.6 Å². The first-order valence-corrected chi connectivity index (χ1v) is 4.64. The standard InChI is InChI=1S/C6H2BrN5O4/c7-4-1-3(11(14)15)2-5-6(4)8-12(16)9-10(5)13/h1-2H. The molecule has 0 saturated carbocycles. The zero-order chi connectivity index (χ0) is 11.9. The molecule has 0 aliphatic rings. The first kappa shape index (κ1) is 10.4. The van der Waals surface area contributed by atoms with E-state index in [2.05, 4.69) is 26.2 Å². The van der Waals surface area contributed by atoms with Gasteiger partial charge in [-0.1, -0.05) is 0 Å². The molecule has 1 aromatic carbocycles. The van der Waals surface area contributed by atoms with Crippen LogP contribution in [0.2, 0.25) is 0 Å². The second-order valence-electron chi connectivity index (χ2n) is 2.77. The molecule has 9 nitrogen and oxygen atoms in total.